The van der Waals surface area contributed by atoms with Crippen LogP contribution in [0.5, 0.6) is 0 Å². The van der Waals surface area contributed by atoms with E-state index in [2.05, 4.69) is 29.2 Å². The Bertz CT molecular complexity index is 509. The second-order valence-electron chi connectivity index (χ2n) is 6.70. The van der Waals surface area contributed by atoms with Crippen molar-refractivity contribution in [2.45, 2.75) is 45.1 Å². The van der Waals surface area contributed by atoms with E-state index in [0.29, 0.717) is 6.54 Å². The number of hydrogen-bond donors (Lipinski definition) is 1. The molecule has 0 spiro atoms. The van der Waals surface area contributed by atoms with E-state index < -0.39 is 11.4 Å². The molecule has 1 saturated carbocycles. The van der Waals surface area contributed by atoms with Crippen LogP contribution < -0.4 is 0 Å². The normalized spacial score (nSPS) is 27.4. The number of carbonyl (C=O) groups is 1. The molecule has 20 heavy (non-hydrogen) atoms. The zero-order chi connectivity index (χ0) is 14.2. The highest BCUT2D eigenvalue weighted by Gasteiger charge is 2.37. The van der Waals surface area contributed by atoms with Gasteiger partial charge in [-0.15, -0.1) is 0 Å². The van der Waals surface area contributed by atoms with E-state index in [9.17, 15) is 9.90 Å². The molecular weight excluding hydrogens is 250 g/mol. The van der Waals surface area contributed by atoms with E-state index >= 15 is 0 Å². The summed E-state index contributed by atoms with van der Waals surface area (Å²) < 4.78 is 0. The van der Waals surface area contributed by atoms with Crippen LogP contribution in [-0.2, 0) is 11.3 Å². The number of carboxylic acid groups (broad SMARTS) is 1. The fourth-order valence-corrected chi connectivity index (χ4v) is 3.27. The van der Waals surface area contributed by atoms with Crippen LogP contribution in [0.25, 0.3) is 0 Å². The summed E-state index contributed by atoms with van der Waals surface area (Å²) in [5.74, 6) is 0.120. The van der Waals surface area contributed by atoms with E-state index in [4.69, 9.17) is 0 Å². The van der Waals surface area contributed by atoms with Gasteiger partial charge in [-0.25, -0.2) is 0 Å². The maximum Gasteiger partial charge on any atom is 0.310 e. The molecule has 1 N–H and O–H groups in total. The van der Waals surface area contributed by atoms with E-state index in [1.165, 1.54) is 24.0 Å². The zero-order valence-electron chi connectivity index (χ0n) is 12.1. The van der Waals surface area contributed by atoms with Gasteiger partial charge in [-0.2, -0.15) is 0 Å². The van der Waals surface area contributed by atoms with Crippen LogP contribution in [0, 0.1) is 5.41 Å². The largest absolute Gasteiger partial charge is 0.481 e. The van der Waals surface area contributed by atoms with Crippen LogP contribution >= 0.6 is 0 Å². The van der Waals surface area contributed by atoms with E-state index in [0.717, 1.165) is 31.8 Å². The summed E-state index contributed by atoms with van der Waals surface area (Å²) >= 11 is 0. The Labute approximate surface area is 120 Å². The van der Waals surface area contributed by atoms with Crippen LogP contribution in [0.1, 0.15) is 49.7 Å². The molecule has 0 amide bonds. The van der Waals surface area contributed by atoms with Crippen molar-refractivity contribution in [3.05, 3.63) is 35.4 Å². The van der Waals surface area contributed by atoms with Gasteiger partial charge in [0.05, 0.1) is 5.41 Å². The van der Waals surface area contributed by atoms with E-state index in [1.807, 2.05) is 6.92 Å². The summed E-state index contributed by atoms with van der Waals surface area (Å²) in [5, 5.41) is 9.38. The molecule has 3 nitrogen and oxygen atoms in total. The highest BCUT2D eigenvalue weighted by molar-refractivity contribution is 5.74. The number of likely N-dealkylation sites (tertiary alicyclic amines) is 1. The minimum Gasteiger partial charge on any atom is -0.481 e. The summed E-state index contributed by atoms with van der Waals surface area (Å²) in [6.07, 6.45) is 4.42. The van der Waals surface area contributed by atoms with Crippen LogP contribution in [-0.4, -0.2) is 29.1 Å². The van der Waals surface area contributed by atoms with Crippen LogP contribution in [0.3, 0.4) is 0 Å². The number of nitrogens with zero attached hydrogens (tertiary/aromatic N) is 1. The first-order valence-electron chi connectivity index (χ1n) is 7.61. The summed E-state index contributed by atoms with van der Waals surface area (Å²) in [6, 6.07) is 8.84. The number of hydrogen-bond acceptors (Lipinski definition) is 2. The molecule has 1 aromatic rings. The van der Waals surface area contributed by atoms with Crippen molar-refractivity contribution in [2.24, 2.45) is 5.41 Å². The van der Waals surface area contributed by atoms with Gasteiger partial charge in [0.25, 0.3) is 0 Å². The SMILES string of the molecule is CC1(C(=O)O)CCCN(Cc2cccc(C3CC3)c2)C1. The molecule has 1 aliphatic heterocycles. The number of benzene rings is 1. The minimum atomic E-state index is -0.658. The molecule has 3 rings (SSSR count). The Morgan fingerprint density at radius 2 is 2.25 bits per heavy atom. The van der Waals surface area contributed by atoms with Gasteiger partial charge in [0.15, 0.2) is 0 Å². The average Bonchev–Trinajstić information content (AvgIpc) is 3.23. The highest BCUT2D eigenvalue weighted by Crippen LogP contribution is 2.40. The zero-order valence-corrected chi connectivity index (χ0v) is 12.1. The monoisotopic (exact) mass is 273 g/mol. The smallest absolute Gasteiger partial charge is 0.310 e. The fourth-order valence-electron chi connectivity index (χ4n) is 3.27. The van der Waals surface area contributed by atoms with Gasteiger partial charge in [0.1, 0.15) is 0 Å². The molecule has 0 aromatic heterocycles. The van der Waals surface area contributed by atoms with Gasteiger partial charge >= 0.3 is 5.97 Å². The van der Waals surface area contributed by atoms with Crippen LogP contribution in [0.15, 0.2) is 24.3 Å². The van der Waals surface area contributed by atoms with E-state index in [-0.39, 0.29) is 0 Å². The second-order valence-corrected chi connectivity index (χ2v) is 6.70. The maximum atomic E-state index is 11.4. The fraction of sp³-hybridized carbons (Fsp3) is 0.588. The molecule has 0 bridgehead atoms. The molecule has 108 valence electrons. The first-order chi connectivity index (χ1) is 9.57. The second kappa shape index (κ2) is 5.21. The molecule has 1 atom stereocenters. The van der Waals surface area contributed by atoms with Gasteiger partial charge in [-0.1, -0.05) is 24.3 Å². The summed E-state index contributed by atoms with van der Waals surface area (Å²) in [6.45, 7) is 4.43. The lowest BCUT2D eigenvalue weighted by atomic mass is 9.82. The quantitative estimate of drug-likeness (QED) is 0.915. The number of piperidine rings is 1. The third-order valence-electron chi connectivity index (χ3n) is 4.70. The molecule has 1 aliphatic carbocycles. The Morgan fingerprint density at radius 1 is 1.45 bits per heavy atom. The lowest BCUT2D eigenvalue weighted by Gasteiger charge is -2.37. The first-order valence-corrected chi connectivity index (χ1v) is 7.61. The predicted molar refractivity (Wildman–Crippen MR) is 78.7 cm³/mol. The molecule has 1 heterocycles. The Kier molecular flexibility index (Phi) is 3.55. The lowest BCUT2D eigenvalue weighted by Crippen LogP contribution is -2.45. The van der Waals surface area contributed by atoms with Gasteiger partial charge < -0.3 is 5.11 Å². The molecular formula is C17H23NO2. The molecule has 2 fully saturated rings. The highest BCUT2D eigenvalue weighted by atomic mass is 16.4. The molecule has 1 unspecified atom stereocenters. The Balaban J connectivity index is 1.68. The lowest BCUT2D eigenvalue weighted by molar-refractivity contribution is -0.151. The predicted octanol–water partition coefficient (Wildman–Crippen LogP) is 3.25. The van der Waals surface area contributed by atoms with Gasteiger partial charge in [-0.05, 0) is 56.2 Å². The number of rotatable bonds is 4. The van der Waals surface area contributed by atoms with Crippen molar-refractivity contribution in [2.75, 3.05) is 13.1 Å². The summed E-state index contributed by atoms with van der Waals surface area (Å²) in [5.41, 5.74) is 2.20. The maximum absolute atomic E-state index is 11.4. The average molecular weight is 273 g/mol. The van der Waals surface area contributed by atoms with Gasteiger partial charge in [-0.3, -0.25) is 9.69 Å². The van der Waals surface area contributed by atoms with Crippen molar-refractivity contribution in [1.29, 1.82) is 0 Å². The Morgan fingerprint density at radius 3 is 2.95 bits per heavy atom. The molecule has 1 aromatic carbocycles. The van der Waals surface area contributed by atoms with Crippen molar-refractivity contribution in [3.63, 3.8) is 0 Å². The number of carboxylic acids is 1. The minimum absolute atomic E-state index is 0.577. The van der Waals surface area contributed by atoms with Crippen LogP contribution in [0.2, 0.25) is 0 Å². The van der Waals surface area contributed by atoms with Gasteiger partial charge in [0, 0.05) is 13.1 Å². The molecule has 3 heteroatoms. The van der Waals surface area contributed by atoms with Crippen molar-refractivity contribution in [1.82, 2.24) is 4.90 Å². The topological polar surface area (TPSA) is 40.5 Å². The standard InChI is InChI=1S/C17H23NO2/c1-17(16(19)20)8-3-9-18(12-17)11-13-4-2-5-15(10-13)14-6-7-14/h2,4-5,10,14H,3,6-9,11-12H2,1H3,(H,19,20). The molecule has 2 aliphatic rings. The van der Waals surface area contributed by atoms with Crippen LogP contribution in [0.4, 0.5) is 0 Å². The van der Waals surface area contributed by atoms with Gasteiger partial charge in [0.2, 0.25) is 0 Å². The third kappa shape index (κ3) is 2.88. The molecule has 1 saturated heterocycles. The summed E-state index contributed by atoms with van der Waals surface area (Å²) in [4.78, 5) is 13.7. The molecule has 0 radical (unpaired) electrons. The van der Waals surface area contributed by atoms with Crippen molar-refractivity contribution in [3.8, 4) is 0 Å². The third-order valence-corrected chi connectivity index (χ3v) is 4.70. The van der Waals surface area contributed by atoms with Crippen molar-refractivity contribution < 1.29 is 9.90 Å². The Hall–Kier alpha value is -1.35. The van der Waals surface area contributed by atoms with E-state index in [1.54, 1.807) is 0 Å². The van der Waals surface area contributed by atoms with Crippen molar-refractivity contribution >= 4 is 5.97 Å². The summed E-state index contributed by atoms with van der Waals surface area (Å²) in [7, 11) is 0. The first kappa shape index (κ1) is 13.6. The number of aliphatic carboxylic acids is 1.